The molecule has 0 aliphatic heterocycles. The summed E-state index contributed by atoms with van der Waals surface area (Å²) in [7, 11) is 0. The van der Waals surface area contributed by atoms with Crippen LogP contribution in [0.4, 0.5) is 0 Å². The number of hydrogen-bond donors (Lipinski definition) is 2. The van der Waals surface area contributed by atoms with Gasteiger partial charge in [-0.3, -0.25) is 0 Å². The number of diazo groups is 1. The van der Waals surface area contributed by atoms with E-state index in [0.717, 1.165) is 27.1 Å². The van der Waals surface area contributed by atoms with Crippen LogP contribution in [0.2, 0.25) is 0 Å². The van der Waals surface area contributed by atoms with E-state index in [1.807, 2.05) is 24.4 Å². The van der Waals surface area contributed by atoms with E-state index in [4.69, 9.17) is 5.39 Å². The molecule has 5 heteroatoms. The molecule has 0 saturated carbocycles. The number of aromatic nitrogens is 1. The molecule has 0 spiro atoms. The van der Waals surface area contributed by atoms with Gasteiger partial charge in [-0.1, -0.05) is 15.9 Å². The van der Waals surface area contributed by atoms with Gasteiger partial charge in [0.15, 0.2) is 10.7 Å². The number of aliphatic hydroxyl groups is 1. The second-order valence-corrected chi connectivity index (χ2v) is 4.33. The van der Waals surface area contributed by atoms with Crippen LogP contribution in [0.3, 0.4) is 0 Å². The SMILES string of the molecule is N#[N+]/C=C(\O)Cc1c[nH]c2ccc(Br)cc12. The Morgan fingerprint density at radius 3 is 3.12 bits per heavy atom. The number of nitrogens with one attached hydrogen (secondary N) is 1. The Morgan fingerprint density at radius 2 is 2.38 bits per heavy atom. The smallest absolute Gasteiger partial charge is 0.387 e. The van der Waals surface area contributed by atoms with Gasteiger partial charge in [-0.15, -0.1) is 0 Å². The molecule has 4 nitrogen and oxygen atoms in total. The summed E-state index contributed by atoms with van der Waals surface area (Å²) in [6.45, 7) is 0. The van der Waals surface area contributed by atoms with Crippen molar-refractivity contribution in [2.75, 3.05) is 0 Å². The van der Waals surface area contributed by atoms with Crippen molar-refractivity contribution in [3.63, 3.8) is 0 Å². The molecule has 0 aliphatic carbocycles. The van der Waals surface area contributed by atoms with Gasteiger partial charge in [0.2, 0.25) is 5.39 Å². The van der Waals surface area contributed by atoms with Crippen LogP contribution in [0.1, 0.15) is 5.56 Å². The van der Waals surface area contributed by atoms with Crippen molar-refractivity contribution in [3.05, 3.63) is 51.4 Å². The fourth-order valence-corrected chi connectivity index (χ4v) is 1.97. The molecule has 80 valence electrons. The zero-order chi connectivity index (χ0) is 11.5. The molecule has 0 aliphatic rings. The van der Waals surface area contributed by atoms with Crippen LogP contribution in [0.5, 0.6) is 0 Å². The van der Waals surface area contributed by atoms with Crippen LogP contribution >= 0.6 is 15.9 Å². The predicted octanol–water partition coefficient (Wildman–Crippen LogP) is 3.73. The van der Waals surface area contributed by atoms with E-state index in [-0.39, 0.29) is 5.76 Å². The average molecular weight is 279 g/mol. The predicted molar refractivity (Wildman–Crippen MR) is 65.5 cm³/mol. The van der Waals surface area contributed by atoms with Crippen molar-refractivity contribution in [3.8, 4) is 0 Å². The number of aromatic amines is 1. The molecular formula is C11H9BrN3O+. The van der Waals surface area contributed by atoms with E-state index in [1.54, 1.807) is 0 Å². The molecule has 2 N–H and O–H groups in total. The van der Waals surface area contributed by atoms with Gasteiger partial charge in [-0.2, -0.15) is 0 Å². The van der Waals surface area contributed by atoms with Gasteiger partial charge >= 0.3 is 6.20 Å². The van der Waals surface area contributed by atoms with E-state index in [2.05, 4.69) is 25.9 Å². The van der Waals surface area contributed by atoms with Crippen molar-refractivity contribution >= 4 is 26.8 Å². The fourth-order valence-electron chi connectivity index (χ4n) is 1.60. The first kappa shape index (κ1) is 10.7. The minimum Gasteiger partial charge on any atom is -0.505 e. The van der Waals surface area contributed by atoms with Gasteiger partial charge < -0.3 is 10.1 Å². The van der Waals surface area contributed by atoms with Crippen LogP contribution in [-0.4, -0.2) is 10.1 Å². The topological polar surface area (TPSA) is 64.2 Å². The number of benzene rings is 1. The minimum absolute atomic E-state index is 0.0170. The van der Waals surface area contributed by atoms with Gasteiger partial charge in [0.25, 0.3) is 0 Å². The maximum Gasteiger partial charge on any atom is 0.387 e. The number of halogens is 1. The van der Waals surface area contributed by atoms with E-state index in [1.165, 1.54) is 0 Å². The van der Waals surface area contributed by atoms with Crippen molar-refractivity contribution in [1.29, 1.82) is 5.39 Å². The number of rotatable bonds is 2. The molecule has 2 rings (SSSR count). The van der Waals surface area contributed by atoms with Crippen LogP contribution in [-0.2, 0) is 6.42 Å². The van der Waals surface area contributed by atoms with E-state index in [0.29, 0.717) is 6.42 Å². The Labute approximate surface area is 100 Å². The van der Waals surface area contributed by atoms with Crippen molar-refractivity contribution in [1.82, 2.24) is 4.98 Å². The molecule has 0 bridgehead atoms. The largest absolute Gasteiger partial charge is 0.505 e. The lowest BCUT2D eigenvalue weighted by Crippen LogP contribution is -1.87. The van der Waals surface area contributed by atoms with Crippen molar-refractivity contribution in [2.24, 2.45) is 0 Å². The molecule has 0 unspecified atom stereocenters. The van der Waals surface area contributed by atoms with Gasteiger partial charge in [0.1, 0.15) is 0 Å². The Bertz CT molecular complexity index is 595. The highest BCUT2D eigenvalue weighted by molar-refractivity contribution is 9.10. The lowest BCUT2D eigenvalue weighted by atomic mass is 10.1. The fraction of sp³-hybridized carbons (Fsp3) is 0.0909. The Hall–Kier alpha value is -1.80. The first-order chi connectivity index (χ1) is 7.70. The van der Waals surface area contributed by atoms with Gasteiger partial charge in [-0.05, 0) is 23.8 Å². The van der Waals surface area contributed by atoms with Gasteiger partial charge in [-0.25, -0.2) is 0 Å². The van der Waals surface area contributed by atoms with Crippen molar-refractivity contribution < 1.29 is 5.11 Å². The highest BCUT2D eigenvalue weighted by Gasteiger charge is 2.08. The number of hydrogen-bond acceptors (Lipinski definition) is 2. The summed E-state index contributed by atoms with van der Waals surface area (Å²) in [5.41, 5.74) is 1.96. The van der Waals surface area contributed by atoms with Crippen LogP contribution in [0.15, 0.2) is 40.8 Å². The first-order valence-electron chi connectivity index (χ1n) is 4.68. The third-order valence-corrected chi connectivity index (χ3v) is 2.80. The summed E-state index contributed by atoms with van der Waals surface area (Å²) in [6, 6.07) is 5.88. The number of H-pyrrole nitrogens is 1. The quantitative estimate of drug-likeness (QED) is 0.650. The molecule has 1 aromatic carbocycles. The molecule has 0 amide bonds. The normalized spacial score (nSPS) is 11.6. The van der Waals surface area contributed by atoms with E-state index in [9.17, 15) is 5.11 Å². The first-order valence-corrected chi connectivity index (χ1v) is 5.47. The molecule has 2 aromatic rings. The monoisotopic (exact) mass is 278 g/mol. The second-order valence-electron chi connectivity index (χ2n) is 3.42. The Kier molecular flexibility index (Phi) is 2.93. The van der Waals surface area contributed by atoms with Crippen molar-refractivity contribution in [2.45, 2.75) is 6.42 Å². The van der Waals surface area contributed by atoms with Crippen LogP contribution < -0.4 is 0 Å². The molecule has 1 aromatic heterocycles. The Morgan fingerprint density at radius 1 is 1.56 bits per heavy atom. The molecular weight excluding hydrogens is 270 g/mol. The summed E-state index contributed by atoms with van der Waals surface area (Å²) >= 11 is 3.40. The summed E-state index contributed by atoms with van der Waals surface area (Å²) in [6.07, 6.45) is 3.19. The van der Waals surface area contributed by atoms with Crippen LogP contribution in [0, 0.1) is 5.39 Å². The molecule has 0 radical (unpaired) electrons. The van der Waals surface area contributed by atoms with Gasteiger partial charge in [0, 0.05) is 28.0 Å². The molecule has 0 fully saturated rings. The minimum atomic E-state index is 0.0170. The molecule has 1 heterocycles. The lowest BCUT2D eigenvalue weighted by Gasteiger charge is -1.96. The number of allylic oxidation sites excluding steroid dienone is 1. The standard InChI is InChI=1S/C11H8BrN3O/c12-8-1-2-11-10(4-8)7(5-14-11)3-9(16)6-15-13/h1-2,4-6,14H,3H2/p+1/b9-6-. The summed E-state index contributed by atoms with van der Waals surface area (Å²) in [5.74, 6) is 0.0170. The summed E-state index contributed by atoms with van der Waals surface area (Å²) in [4.78, 5) is 5.89. The Balaban J connectivity index is 2.42. The summed E-state index contributed by atoms with van der Waals surface area (Å²) < 4.78 is 0.983. The third kappa shape index (κ3) is 2.07. The number of nitrogens with zero attached hydrogens (tertiary/aromatic N) is 2. The molecule has 0 saturated heterocycles. The second kappa shape index (κ2) is 4.37. The maximum absolute atomic E-state index is 9.43. The van der Waals surface area contributed by atoms with E-state index >= 15 is 0 Å². The van der Waals surface area contributed by atoms with E-state index < -0.39 is 0 Å². The summed E-state index contributed by atoms with van der Waals surface area (Å²) in [5, 5.41) is 18.8. The van der Waals surface area contributed by atoms with Crippen LogP contribution in [0.25, 0.3) is 15.9 Å². The third-order valence-electron chi connectivity index (χ3n) is 2.31. The zero-order valence-corrected chi connectivity index (χ0v) is 9.90. The zero-order valence-electron chi connectivity index (χ0n) is 8.31. The highest BCUT2D eigenvalue weighted by Crippen LogP contribution is 2.24. The highest BCUT2D eigenvalue weighted by atomic mass is 79.9. The van der Waals surface area contributed by atoms with Gasteiger partial charge in [0.05, 0.1) is 0 Å². The number of fused-ring (bicyclic) bond motifs is 1. The lowest BCUT2D eigenvalue weighted by molar-refractivity contribution is 0.399. The molecule has 0 atom stereocenters. The maximum atomic E-state index is 9.43. The number of aliphatic hydroxyl groups excluding tert-OH is 1. The molecule has 16 heavy (non-hydrogen) atoms. The average Bonchev–Trinajstić information content (AvgIpc) is 2.61.